The lowest BCUT2D eigenvalue weighted by Crippen LogP contribution is -2.39. The fourth-order valence-corrected chi connectivity index (χ4v) is 2.95. The number of aliphatic hydroxyl groups is 1. The molecule has 0 radical (unpaired) electrons. The largest absolute Gasteiger partial charge is 0.491 e. The van der Waals surface area contributed by atoms with E-state index in [-0.39, 0.29) is 18.0 Å². The third-order valence-corrected chi connectivity index (χ3v) is 4.34. The summed E-state index contributed by atoms with van der Waals surface area (Å²) in [6.45, 7) is 1.98. The molecule has 0 unspecified atom stereocenters. The van der Waals surface area contributed by atoms with Crippen molar-refractivity contribution in [3.05, 3.63) is 65.5 Å². The summed E-state index contributed by atoms with van der Waals surface area (Å²) in [5, 5.41) is 19.6. The van der Waals surface area contributed by atoms with Crippen LogP contribution in [0, 0.1) is 5.82 Å². The van der Waals surface area contributed by atoms with Crippen molar-refractivity contribution in [2.24, 2.45) is 0 Å². The van der Waals surface area contributed by atoms with Gasteiger partial charge in [0, 0.05) is 19.6 Å². The standard InChI is InChI=1S/C19H20FNO4/c20-16-5-7-17(8-6-16)25-13-19(24)9-10-21(12-19)11-14-1-3-15(4-2-14)18(22)23/h1-8,24H,9-13H2,(H,22,23)/t19-/m1/s1. The highest BCUT2D eigenvalue weighted by Crippen LogP contribution is 2.24. The number of carbonyl (C=O) groups is 1. The second kappa shape index (κ2) is 7.21. The van der Waals surface area contributed by atoms with Crippen LogP contribution in [0.1, 0.15) is 22.3 Å². The first-order valence-electron chi connectivity index (χ1n) is 8.09. The van der Waals surface area contributed by atoms with Gasteiger partial charge in [-0.1, -0.05) is 12.1 Å². The summed E-state index contributed by atoms with van der Waals surface area (Å²) < 4.78 is 18.5. The summed E-state index contributed by atoms with van der Waals surface area (Å²) in [6, 6.07) is 12.5. The Morgan fingerprint density at radius 2 is 1.84 bits per heavy atom. The van der Waals surface area contributed by atoms with E-state index in [4.69, 9.17) is 9.84 Å². The van der Waals surface area contributed by atoms with Crippen molar-refractivity contribution >= 4 is 5.97 Å². The minimum absolute atomic E-state index is 0.146. The Labute approximate surface area is 145 Å². The van der Waals surface area contributed by atoms with Crippen LogP contribution in [0.4, 0.5) is 4.39 Å². The van der Waals surface area contributed by atoms with Crippen molar-refractivity contribution < 1.29 is 24.1 Å². The van der Waals surface area contributed by atoms with E-state index in [0.29, 0.717) is 25.3 Å². The molecule has 0 aliphatic carbocycles. The van der Waals surface area contributed by atoms with Crippen LogP contribution in [0.3, 0.4) is 0 Å². The number of hydrogen-bond acceptors (Lipinski definition) is 4. The highest BCUT2D eigenvalue weighted by molar-refractivity contribution is 5.87. The molecule has 25 heavy (non-hydrogen) atoms. The second-order valence-corrected chi connectivity index (χ2v) is 6.43. The summed E-state index contributed by atoms with van der Waals surface area (Å²) in [7, 11) is 0. The molecule has 0 aromatic heterocycles. The zero-order valence-electron chi connectivity index (χ0n) is 13.7. The van der Waals surface area contributed by atoms with Gasteiger partial charge in [-0.3, -0.25) is 4.90 Å². The Hall–Kier alpha value is -2.44. The molecule has 5 nitrogen and oxygen atoms in total. The van der Waals surface area contributed by atoms with Crippen molar-refractivity contribution in [2.75, 3.05) is 19.7 Å². The first-order chi connectivity index (χ1) is 11.9. The summed E-state index contributed by atoms with van der Waals surface area (Å²) in [5.74, 6) is -0.746. The van der Waals surface area contributed by atoms with Gasteiger partial charge < -0.3 is 14.9 Å². The molecule has 2 N–H and O–H groups in total. The maximum Gasteiger partial charge on any atom is 0.335 e. The first-order valence-corrected chi connectivity index (χ1v) is 8.09. The number of rotatable bonds is 6. The van der Waals surface area contributed by atoms with Crippen molar-refractivity contribution in [2.45, 2.75) is 18.6 Å². The molecule has 1 aliphatic heterocycles. The molecule has 1 saturated heterocycles. The lowest BCUT2D eigenvalue weighted by Gasteiger charge is -2.23. The third-order valence-electron chi connectivity index (χ3n) is 4.34. The lowest BCUT2D eigenvalue weighted by atomic mass is 10.1. The van der Waals surface area contributed by atoms with Crippen LogP contribution in [0.25, 0.3) is 0 Å². The Kier molecular flexibility index (Phi) is 5.01. The zero-order chi connectivity index (χ0) is 17.9. The number of aromatic carboxylic acids is 1. The Bertz CT molecular complexity index is 732. The molecule has 1 aliphatic rings. The molecule has 2 aromatic carbocycles. The molecule has 2 aromatic rings. The zero-order valence-corrected chi connectivity index (χ0v) is 13.7. The van der Waals surface area contributed by atoms with Crippen molar-refractivity contribution in [3.8, 4) is 5.75 Å². The SMILES string of the molecule is O=C(O)c1ccc(CN2CC[C@](O)(COc3ccc(F)cc3)C2)cc1. The molecule has 0 spiro atoms. The minimum atomic E-state index is -0.949. The highest BCUT2D eigenvalue weighted by atomic mass is 19.1. The molecule has 1 heterocycles. The summed E-state index contributed by atoms with van der Waals surface area (Å²) in [5.41, 5.74) is 0.304. The number of carboxylic acid groups (broad SMARTS) is 1. The molecule has 1 fully saturated rings. The monoisotopic (exact) mass is 345 g/mol. The van der Waals surface area contributed by atoms with Crippen LogP contribution in [-0.4, -0.2) is 46.4 Å². The average Bonchev–Trinajstić information content (AvgIpc) is 2.96. The minimum Gasteiger partial charge on any atom is -0.491 e. The number of nitrogens with zero attached hydrogens (tertiary/aromatic N) is 1. The summed E-state index contributed by atoms with van der Waals surface area (Å²) in [6.07, 6.45) is 0.585. The van der Waals surface area contributed by atoms with E-state index in [1.807, 2.05) is 0 Å². The van der Waals surface area contributed by atoms with Crippen molar-refractivity contribution in [1.29, 1.82) is 0 Å². The van der Waals surface area contributed by atoms with Crippen molar-refractivity contribution in [3.63, 3.8) is 0 Å². The molecule has 0 amide bonds. The highest BCUT2D eigenvalue weighted by Gasteiger charge is 2.36. The number of β-amino-alcohol motifs (C(OH)–C–C–N with tert-alkyl or cyclic N) is 1. The van der Waals surface area contributed by atoms with E-state index in [0.717, 1.165) is 12.1 Å². The topological polar surface area (TPSA) is 70.0 Å². The maximum absolute atomic E-state index is 12.9. The van der Waals surface area contributed by atoms with Crippen LogP contribution < -0.4 is 4.74 Å². The second-order valence-electron chi connectivity index (χ2n) is 6.43. The molecular weight excluding hydrogens is 325 g/mol. The summed E-state index contributed by atoms with van der Waals surface area (Å²) in [4.78, 5) is 13.0. The van der Waals surface area contributed by atoms with E-state index in [9.17, 15) is 14.3 Å². The number of benzene rings is 2. The van der Waals surface area contributed by atoms with Gasteiger partial charge in [-0.15, -0.1) is 0 Å². The molecule has 132 valence electrons. The fourth-order valence-electron chi connectivity index (χ4n) is 2.95. The molecule has 3 rings (SSSR count). The van der Waals surface area contributed by atoms with Gasteiger partial charge in [-0.05, 0) is 48.4 Å². The predicted octanol–water partition coefficient (Wildman–Crippen LogP) is 2.54. The molecule has 6 heteroatoms. The molecule has 0 bridgehead atoms. The number of likely N-dealkylation sites (tertiary alicyclic amines) is 1. The van der Waals surface area contributed by atoms with E-state index >= 15 is 0 Å². The van der Waals surface area contributed by atoms with E-state index in [1.54, 1.807) is 24.3 Å². The van der Waals surface area contributed by atoms with Gasteiger partial charge in [-0.25, -0.2) is 9.18 Å². The normalized spacial score (nSPS) is 20.6. The average molecular weight is 345 g/mol. The van der Waals surface area contributed by atoms with E-state index < -0.39 is 11.6 Å². The molecular formula is C19H20FNO4. The molecule has 0 saturated carbocycles. The number of ether oxygens (including phenoxy) is 1. The van der Waals surface area contributed by atoms with Gasteiger partial charge in [0.25, 0.3) is 0 Å². The Balaban J connectivity index is 1.53. The number of hydrogen-bond donors (Lipinski definition) is 2. The lowest BCUT2D eigenvalue weighted by molar-refractivity contribution is 0.00336. The van der Waals surface area contributed by atoms with Crippen LogP contribution in [0.15, 0.2) is 48.5 Å². The third kappa shape index (κ3) is 4.55. The van der Waals surface area contributed by atoms with Gasteiger partial charge in [0.1, 0.15) is 23.8 Å². The van der Waals surface area contributed by atoms with Crippen LogP contribution in [0.5, 0.6) is 5.75 Å². The Morgan fingerprint density at radius 1 is 1.16 bits per heavy atom. The van der Waals surface area contributed by atoms with Crippen LogP contribution >= 0.6 is 0 Å². The molecule has 1 atom stereocenters. The van der Waals surface area contributed by atoms with Gasteiger partial charge >= 0.3 is 5.97 Å². The van der Waals surface area contributed by atoms with Gasteiger partial charge in [0.2, 0.25) is 0 Å². The predicted molar refractivity (Wildman–Crippen MR) is 90.1 cm³/mol. The maximum atomic E-state index is 12.9. The smallest absolute Gasteiger partial charge is 0.335 e. The Morgan fingerprint density at radius 3 is 2.48 bits per heavy atom. The van der Waals surface area contributed by atoms with Crippen LogP contribution in [-0.2, 0) is 6.54 Å². The van der Waals surface area contributed by atoms with Gasteiger partial charge in [-0.2, -0.15) is 0 Å². The van der Waals surface area contributed by atoms with Gasteiger partial charge in [0.15, 0.2) is 0 Å². The van der Waals surface area contributed by atoms with E-state index in [2.05, 4.69) is 4.90 Å². The number of carboxylic acids is 1. The fraction of sp³-hybridized carbons (Fsp3) is 0.316. The first kappa shape index (κ1) is 17.4. The van der Waals surface area contributed by atoms with Gasteiger partial charge in [0.05, 0.1) is 5.56 Å². The quantitative estimate of drug-likeness (QED) is 0.842. The summed E-state index contributed by atoms with van der Waals surface area (Å²) >= 11 is 0. The number of halogens is 1. The van der Waals surface area contributed by atoms with Crippen LogP contribution in [0.2, 0.25) is 0 Å². The van der Waals surface area contributed by atoms with Crippen molar-refractivity contribution in [1.82, 2.24) is 4.90 Å². The van der Waals surface area contributed by atoms with E-state index in [1.165, 1.54) is 24.3 Å².